The molecule has 0 radical (unpaired) electrons. The van der Waals surface area contributed by atoms with Crippen molar-refractivity contribution < 1.29 is 9.48 Å². The summed E-state index contributed by atoms with van der Waals surface area (Å²) in [5.41, 5.74) is 14.1. The monoisotopic (exact) mass is 286 g/mol. The number of ketones is 1. The van der Waals surface area contributed by atoms with Crippen molar-refractivity contribution in [3.63, 3.8) is 0 Å². The highest BCUT2D eigenvalue weighted by molar-refractivity contribution is 6.02. The number of H-pyrrole nitrogens is 1. The molecule has 0 bridgehead atoms. The fourth-order valence-electron chi connectivity index (χ4n) is 2.49. The summed E-state index contributed by atoms with van der Waals surface area (Å²) in [5, 5.41) is 4.01. The first-order valence-electron chi connectivity index (χ1n) is 7.18. The maximum atomic E-state index is 11.9. The number of aromatic nitrogens is 3. The first-order chi connectivity index (χ1) is 9.99. The molecule has 1 aliphatic rings. The van der Waals surface area contributed by atoms with Crippen LogP contribution in [0.5, 0.6) is 0 Å². The second-order valence-electron chi connectivity index (χ2n) is 5.82. The minimum Gasteiger partial charge on any atom is -0.397 e. The van der Waals surface area contributed by atoms with E-state index in [2.05, 4.69) is 23.9 Å². The average Bonchev–Trinajstić information content (AvgIpc) is 3.19. The number of rotatable bonds is 4. The van der Waals surface area contributed by atoms with Crippen LogP contribution in [-0.4, -0.2) is 15.9 Å². The first kappa shape index (κ1) is 13.6. The van der Waals surface area contributed by atoms with Gasteiger partial charge in [0, 0.05) is 24.3 Å². The Morgan fingerprint density at radius 3 is 2.86 bits per heavy atom. The molecule has 2 aromatic rings. The van der Waals surface area contributed by atoms with Gasteiger partial charge in [-0.25, -0.2) is 4.98 Å². The zero-order valence-electron chi connectivity index (χ0n) is 12.3. The molecular formula is C15H20N5O+. The quantitative estimate of drug-likeness (QED) is 0.582. The largest absolute Gasteiger partial charge is 0.397 e. The van der Waals surface area contributed by atoms with E-state index in [1.54, 1.807) is 6.20 Å². The van der Waals surface area contributed by atoms with Gasteiger partial charge in [0.2, 0.25) is 5.52 Å². The molecule has 0 aliphatic heterocycles. The molecule has 1 fully saturated rings. The van der Waals surface area contributed by atoms with Gasteiger partial charge in [0.15, 0.2) is 11.8 Å². The summed E-state index contributed by atoms with van der Waals surface area (Å²) in [6.07, 6.45) is 5.11. The zero-order valence-corrected chi connectivity index (χ0v) is 12.3. The van der Waals surface area contributed by atoms with Crippen molar-refractivity contribution >= 4 is 28.2 Å². The van der Waals surface area contributed by atoms with Gasteiger partial charge < -0.3 is 11.5 Å². The van der Waals surface area contributed by atoms with Crippen LogP contribution >= 0.6 is 0 Å². The van der Waals surface area contributed by atoms with Crippen molar-refractivity contribution in [1.82, 2.24) is 10.1 Å². The van der Waals surface area contributed by atoms with Gasteiger partial charge in [-0.1, -0.05) is 0 Å². The van der Waals surface area contributed by atoms with Crippen molar-refractivity contribution in [3.8, 4) is 0 Å². The topological polar surface area (TPSA) is 102 Å². The van der Waals surface area contributed by atoms with Crippen LogP contribution in [0, 0.1) is 5.92 Å². The summed E-state index contributed by atoms with van der Waals surface area (Å²) in [7, 11) is 0. The van der Waals surface area contributed by atoms with Crippen LogP contribution in [0.2, 0.25) is 0 Å². The molecule has 2 heterocycles. The highest BCUT2D eigenvalue weighted by Gasteiger charge is 2.29. The molecular weight excluding hydrogens is 266 g/mol. The van der Waals surface area contributed by atoms with E-state index in [1.807, 2.05) is 10.7 Å². The Bertz CT molecular complexity index is 740. The number of fused-ring (bicyclic) bond motifs is 1. The number of nitrogen functional groups attached to an aromatic ring is 1. The SMILES string of the molecule is CC(C)[n+]1[nH]c(C(N)=CC(=O)C2CC2)c2c(N)nccc21. The molecule has 1 aliphatic carbocycles. The maximum Gasteiger partial charge on any atom is 0.244 e. The molecule has 0 saturated heterocycles. The molecule has 0 aromatic carbocycles. The molecule has 6 heteroatoms. The van der Waals surface area contributed by atoms with E-state index < -0.39 is 0 Å². The summed E-state index contributed by atoms with van der Waals surface area (Å²) in [4.78, 5) is 16.1. The summed E-state index contributed by atoms with van der Waals surface area (Å²) in [5.74, 6) is 0.652. The van der Waals surface area contributed by atoms with Gasteiger partial charge in [-0.2, -0.15) is 5.10 Å². The lowest BCUT2D eigenvalue weighted by Gasteiger charge is -1.98. The predicted molar refractivity (Wildman–Crippen MR) is 81.0 cm³/mol. The number of nitrogens with two attached hydrogens (primary N) is 2. The van der Waals surface area contributed by atoms with E-state index >= 15 is 0 Å². The van der Waals surface area contributed by atoms with Gasteiger partial charge in [-0.15, -0.1) is 4.68 Å². The lowest BCUT2D eigenvalue weighted by atomic mass is 10.1. The van der Waals surface area contributed by atoms with Crippen LogP contribution in [0.3, 0.4) is 0 Å². The van der Waals surface area contributed by atoms with Gasteiger partial charge >= 0.3 is 0 Å². The Morgan fingerprint density at radius 2 is 2.24 bits per heavy atom. The molecule has 0 spiro atoms. The van der Waals surface area contributed by atoms with E-state index in [0.717, 1.165) is 23.7 Å². The predicted octanol–water partition coefficient (Wildman–Crippen LogP) is 1.29. The number of nitrogens with zero attached hydrogens (tertiary/aromatic N) is 2. The second kappa shape index (κ2) is 4.87. The van der Waals surface area contributed by atoms with E-state index in [0.29, 0.717) is 17.2 Å². The highest BCUT2D eigenvalue weighted by atomic mass is 16.1. The Labute approximate surface area is 122 Å². The van der Waals surface area contributed by atoms with E-state index in [4.69, 9.17) is 11.5 Å². The van der Waals surface area contributed by atoms with Crippen LogP contribution in [0.1, 0.15) is 38.4 Å². The van der Waals surface area contributed by atoms with Crippen molar-refractivity contribution in [2.45, 2.75) is 32.7 Å². The number of carbonyl (C=O) groups excluding carboxylic acids is 1. The first-order valence-corrected chi connectivity index (χ1v) is 7.18. The lowest BCUT2D eigenvalue weighted by Crippen LogP contribution is -2.38. The third-order valence-corrected chi connectivity index (χ3v) is 3.78. The molecule has 3 rings (SSSR count). The summed E-state index contributed by atoms with van der Waals surface area (Å²) in [6, 6.07) is 2.11. The van der Waals surface area contributed by atoms with E-state index in [-0.39, 0.29) is 17.7 Å². The number of pyridine rings is 1. The van der Waals surface area contributed by atoms with Gasteiger partial charge in [-0.05, 0) is 26.7 Å². The van der Waals surface area contributed by atoms with Gasteiger partial charge in [-0.3, -0.25) is 4.79 Å². The molecule has 2 aromatic heterocycles. The number of carbonyl (C=O) groups is 1. The Morgan fingerprint density at radius 1 is 1.52 bits per heavy atom. The number of allylic oxidation sites excluding steroid dienone is 1. The fraction of sp³-hybridized carbons (Fsp3) is 0.400. The van der Waals surface area contributed by atoms with Gasteiger partial charge in [0.25, 0.3) is 0 Å². The molecule has 110 valence electrons. The van der Waals surface area contributed by atoms with Crippen LogP contribution in [-0.2, 0) is 4.79 Å². The molecule has 0 amide bonds. The van der Waals surface area contributed by atoms with Crippen LogP contribution in [0.25, 0.3) is 16.6 Å². The number of aromatic amines is 1. The molecule has 0 unspecified atom stereocenters. The second-order valence-corrected chi connectivity index (χ2v) is 5.82. The Balaban J connectivity index is 2.15. The summed E-state index contributed by atoms with van der Waals surface area (Å²) < 4.78 is 1.98. The fourth-order valence-corrected chi connectivity index (χ4v) is 2.49. The summed E-state index contributed by atoms with van der Waals surface area (Å²) in [6.45, 7) is 4.12. The van der Waals surface area contributed by atoms with E-state index in [9.17, 15) is 4.79 Å². The normalized spacial score (nSPS) is 15.9. The molecule has 0 atom stereocenters. The number of hydrogen-bond donors (Lipinski definition) is 3. The third kappa shape index (κ3) is 2.37. The minimum atomic E-state index is 0.0915. The van der Waals surface area contributed by atoms with Crippen LogP contribution in [0.4, 0.5) is 5.82 Å². The summed E-state index contributed by atoms with van der Waals surface area (Å²) >= 11 is 0. The van der Waals surface area contributed by atoms with Gasteiger partial charge in [0.05, 0.1) is 5.70 Å². The lowest BCUT2D eigenvalue weighted by molar-refractivity contribution is -0.745. The third-order valence-electron chi connectivity index (χ3n) is 3.78. The molecule has 5 N–H and O–H groups in total. The van der Waals surface area contributed by atoms with Crippen molar-refractivity contribution in [3.05, 3.63) is 24.0 Å². The van der Waals surface area contributed by atoms with Crippen LogP contribution < -0.4 is 16.1 Å². The number of hydrogen-bond acceptors (Lipinski definition) is 4. The average molecular weight is 286 g/mol. The Hall–Kier alpha value is -2.37. The smallest absolute Gasteiger partial charge is 0.244 e. The zero-order chi connectivity index (χ0) is 15.1. The Kier molecular flexibility index (Phi) is 3.16. The minimum absolute atomic E-state index is 0.0915. The molecule has 1 saturated carbocycles. The van der Waals surface area contributed by atoms with E-state index in [1.165, 1.54) is 6.08 Å². The van der Waals surface area contributed by atoms with Gasteiger partial charge in [0.1, 0.15) is 16.9 Å². The highest BCUT2D eigenvalue weighted by Crippen LogP contribution is 2.31. The van der Waals surface area contributed by atoms with Crippen LogP contribution in [0.15, 0.2) is 18.3 Å². The number of nitrogens with one attached hydrogen (secondary N) is 1. The number of anilines is 1. The maximum absolute atomic E-state index is 11.9. The van der Waals surface area contributed by atoms with Crippen molar-refractivity contribution in [1.29, 1.82) is 0 Å². The molecule has 21 heavy (non-hydrogen) atoms. The van der Waals surface area contributed by atoms with Crippen molar-refractivity contribution in [2.24, 2.45) is 11.7 Å². The van der Waals surface area contributed by atoms with Crippen molar-refractivity contribution in [2.75, 3.05) is 5.73 Å². The standard InChI is InChI=1S/C15H19N5O/c1-8(2)20-11-5-6-18-15(17)13(11)14(19-20)10(16)7-12(21)9-3-4-9/h5-9H,3-4H2,1-2H3,(H4,16,17,18,19,21)/p+1. The molecule has 6 nitrogen and oxygen atoms in total.